The molecule has 3 aromatic heterocycles. The molecule has 0 fully saturated rings. The summed E-state index contributed by atoms with van der Waals surface area (Å²) in [6, 6.07) is 11.0. The van der Waals surface area contributed by atoms with Crippen molar-refractivity contribution in [1.82, 2.24) is 19.4 Å². The zero-order valence-corrected chi connectivity index (χ0v) is 14.9. The average Bonchev–Trinajstić information content (AvgIpc) is 3.29. The molecule has 1 aliphatic rings. The number of aryl methyl sites for hydroxylation is 1. The summed E-state index contributed by atoms with van der Waals surface area (Å²) < 4.78 is 44.6. The molecule has 4 nitrogen and oxygen atoms in total. The first-order valence-electron chi connectivity index (χ1n) is 9.21. The molecule has 0 radical (unpaired) electrons. The van der Waals surface area contributed by atoms with Crippen LogP contribution in [0.5, 0.6) is 0 Å². The molecular formula is C21H17F3N4. The normalized spacial score (nSPS) is 16.5. The number of benzene rings is 1. The Hall–Kier alpha value is -3.09. The summed E-state index contributed by atoms with van der Waals surface area (Å²) in [6.45, 7) is 0. The van der Waals surface area contributed by atoms with Crippen molar-refractivity contribution in [1.29, 1.82) is 0 Å². The van der Waals surface area contributed by atoms with E-state index in [1.807, 2.05) is 16.8 Å². The Kier molecular flexibility index (Phi) is 3.96. The van der Waals surface area contributed by atoms with E-state index in [-0.39, 0.29) is 12.0 Å². The van der Waals surface area contributed by atoms with E-state index >= 15 is 0 Å². The molecule has 5 rings (SSSR count). The molecule has 142 valence electrons. The van der Waals surface area contributed by atoms with E-state index in [0.29, 0.717) is 18.4 Å². The van der Waals surface area contributed by atoms with Crippen molar-refractivity contribution < 1.29 is 13.2 Å². The van der Waals surface area contributed by atoms with Gasteiger partial charge in [-0.25, -0.2) is 13.5 Å². The van der Waals surface area contributed by atoms with Crippen LogP contribution in [-0.2, 0) is 19.3 Å². The molecule has 1 atom stereocenters. The third-order valence-corrected chi connectivity index (χ3v) is 5.48. The van der Waals surface area contributed by atoms with Gasteiger partial charge in [-0.05, 0) is 54.3 Å². The Morgan fingerprint density at radius 1 is 1.04 bits per heavy atom. The Morgan fingerprint density at radius 3 is 2.79 bits per heavy atom. The van der Waals surface area contributed by atoms with Crippen molar-refractivity contribution in [3.8, 4) is 0 Å². The minimum absolute atomic E-state index is 0.0352. The molecule has 0 saturated heterocycles. The molecule has 0 N–H and O–H groups in total. The Morgan fingerprint density at radius 2 is 1.93 bits per heavy atom. The molecule has 28 heavy (non-hydrogen) atoms. The summed E-state index contributed by atoms with van der Waals surface area (Å²) in [5, 5.41) is 8.25. The minimum atomic E-state index is -0.867. The van der Waals surface area contributed by atoms with Gasteiger partial charge in [0.15, 0.2) is 17.6 Å². The highest BCUT2D eigenvalue weighted by Crippen LogP contribution is 2.32. The van der Waals surface area contributed by atoms with Crippen LogP contribution in [0.2, 0.25) is 0 Å². The van der Waals surface area contributed by atoms with Gasteiger partial charge in [0.05, 0.1) is 17.9 Å². The van der Waals surface area contributed by atoms with Crippen LogP contribution in [0, 0.1) is 17.6 Å². The van der Waals surface area contributed by atoms with Crippen molar-refractivity contribution >= 4 is 5.52 Å². The Bertz CT molecular complexity index is 1180. The second-order valence-electron chi connectivity index (χ2n) is 7.22. The Balaban J connectivity index is 1.46. The van der Waals surface area contributed by atoms with Gasteiger partial charge in [0.25, 0.3) is 0 Å². The summed E-state index contributed by atoms with van der Waals surface area (Å²) in [4.78, 5) is 0. The van der Waals surface area contributed by atoms with Crippen LogP contribution in [0.3, 0.4) is 0 Å². The predicted octanol–water partition coefficient (Wildman–Crippen LogP) is 4.27. The molecule has 1 aromatic carbocycles. The number of pyridine rings is 1. The fourth-order valence-electron chi connectivity index (χ4n) is 4.15. The molecule has 4 aromatic rings. The molecule has 7 heteroatoms. The highest BCUT2D eigenvalue weighted by molar-refractivity contribution is 5.54. The van der Waals surface area contributed by atoms with Gasteiger partial charge in [0.2, 0.25) is 0 Å². The smallest absolute Gasteiger partial charge is 0.198 e. The first kappa shape index (κ1) is 17.0. The Labute approximate surface area is 159 Å². The van der Waals surface area contributed by atoms with Gasteiger partial charge in [-0.3, -0.25) is 4.40 Å². The van der Waals surface area contributed by atoms with Crippen LogP contribution >= 0.6 is 0 Å². The number of hydrogen-bond donors (Lipinski definition) is 0. The average molecular weight is 382 g/mol. The van der Waals surface area contributed by atoms with Gasteiger partial charge in [-0.2, -0.15) is 4.39 Å². The summed E-state index contributed by atoms with van der Waals surface area (Å²) in [5.41, 5.74) is 4.44. The predicted molar refractivity (Wildman–Crippen MR) is 97.6 cm³/mol. The zero-order chi connectivity index (χ0) is 19.3. The number of halogens is 3. The molecule has 1 aliphatic carbocycles. The molecule has 0 spiro atoms. The first-order chi connectivity index (χ1) is 13.6. The monoisotopic (exact) mass is 382 g/mol. The standard InChI is InChI=1S/C21H17F3N4/c22-18-7-4-13(9-19(18)23)8-17-12-25-26-28(17)16-6-5-14-10-15-2-1-3-21(24)27(15)20(14)11-16/h1-4,7,9-10,12,16H,5-6,8,11H2. The molecular weight excluding hydrogens is 365 g/mol. The van der Waals surface area contributed by atoms with Crippen LogP contribution in [0.1, 0.15) is 35.0 Å². The van der Waals surface area contributed by atoms with Crippen molar-refractivity contribution in [2.75, 3.05) is 0 Å². The molecule has 0 amide bonds. The zero-order valence-electron chi connectivity index (χ0n) is 14.9. The van der Waals surface area contributed by atoms with E-state index in [2.05, 4.69) is 10.3 Å². The third-order valence-electron chi connectivity index (χ3n) is 5.48. The number of nitrogens with zero attached hydrogens (tertiary/aromatic N) is 4. The lowest BCUT2D eigenvalue weighted by molar-refractivity contribution is 0.379. The van der Waals surface area contributed by atoms with E-state index in [1.54, 1.807) is 22.7 Å². The van der Waals surface area contributed by atoms with Crippen molar-refractivity contribution in [3.05, 3.63) is 88.8 Å². The lowest BCUT2D eigenvalue weighted by Gasteiger charge is -2.24. The molecule has 0 aliphatic heterocycles. The summed E-state index contributed by atoms with van der Waals surface area (Å²) in [6.07, 6.45) is 4.37. The number of rotatable bonds is 3. The highest BCUT2D eigenvalue weighted by atomic mass is 19.2. The van der Waals surface area contributed by atoms with E-state index in [0.717, 1.165) is 41.4 Å². The molecule has 3 heterocycles. The fourth-order valence-corrected chi connectivity index (χ4v) is 4.15. The number of aromatic nitrogens is 4. The van der Waals surface area contributed by atoms with Crippen LogP contribution in [0.25, 0.3) is 5.52 Å². The maximum Gasteiger partial charge on any atom is 0.198 e. The van der Waals surface area contributed by atoms with Crippen LogP contribution in [0.15, 0.2) is 48.7 Å². The lowest BCUT2D eigenvalue weighted by Crippen LogP contribution is -2.22. The summed E-state index contributed by atoms with van der Waals surface area (Å²) >= 11 is 0. The van der Waals surface area contributed by atoms with E-state index < -0.39 is 11.6 Å². The van der Waals surface area contributed by atoms with Crippen molar-refractivity contribution in [3.63, 3.8) is 0 Å². The van der Waals surface area contributed by atoms with Gasteiger partial charge >= 0.3 is 0 Å². The van der Waals surface area contributed by atoms with Gasteiger partial charge in [0.1, 0.15) is 0 Å². The third kappa shape index (κ3) is 2.78. The summed E-state index contributed by atoms with van der Waals surface area (Å²) in [5.74, 6) is -2.01. The summed E-state index contributed by atoms with van der Waals surface area (Å²) in [7, 11) is 0. The van der Waals surface area contributed by atoms with E-state index in [4.69, 9.17) is 0 Å². The van der Waals surface area contributed by atoms with Gasteiger partial charge < -0.3 is 0 Å². The second-order valence-corrected chi connectivity index (χ2v) is 7.22. The molecule has 1 unspecified atom stereocenters. The van der Waals surface area contributed by atoms with Gasteiger partial charge in [-0.15, -0.1) is 5.10 Å². The van der Waals surface area contributed by atoms with Crippen molar-refractivity contribution in [2.24, 2.45) is 0 Å². The van der Waals surface area contributed by atoms with Crippen LogP contribution in [-0.4, -0.2) is 19.4 Å². The maximum atomic E-state index is 14.4. The van der Waals surface area contributed by atoms with Crippen LogP contribution in [0.4, 0.5) is 13.2 Å². The maximum absolute atomic E-state index is 14.4. The fraction of sp³-hybridized carbons (Fsp3) is 0.238. The lowest BCUT2D eigenvalue weighted by atomic mass is 9.93. The number of fused-ring (bicyclic) bond motifs is 3. The largest absolute Gasteiger partial charge is 0.290 e. The van der Waals surface area contributed by atoms with Crippen LogP contribution < -0.4 is 0 Å². The number of hydrogen-bond acceptors (Lipinski definition) is 2. The molecule has 0 saturated carbocycles. The first-order valence-corrected chi connectivity index (χ1v) is 9.21. The van der Waals surface area contributed by atoms with Gasteiger partial charge in [-0.1, -0.05) is 17.3 Å². The van der Waals surface area contributed by atoms with E-state index in [9.17, 15) is 13.2 Å². The van der Waals surface area contributed by atoms with Crippen molar-refractivity contribution in [2.45, 2.75) is 31.7 Å². The quantitative estimate of drug-likeness (QED) is 0.496. The highest BCUT2D eigenvalue weighted by Gasteiger charge is 2.26. The van der Waals surface area contributed by atoms with Gasteiger partial charge in [0, 0.05) is 24.1 Å². The second kappa shape index (κ2) is 6.51. The topological polar surface area (TPSA) is 35.1 Å². The van der Waals surface area contributed by atoms with E-state index in [1.165, 1.54) is 12.1 Å². The SMILES string of the molecule is Fc1ccc(Cc2cnnn2C2CCc3cc4cccc(F)n4c3C2)cc1F. The minimum Gasteiger partial charge on any atom is -0.290 e. The molecule has 0 bridgehead atoms.